The molecule has 28 heavy (non-hydrogen) atoms. The van der Waals surface area contributed by atoms with E-state index >= 15 is 0 Å². The minimum absolute atomic E-state index is 0.111. The number of benzene rings is 1. The van der Waals surface area contributed by atoms with Crippen molar-refractivity contribution < 1.29 is 13.9 Å². The number of nitrogens with zero attached hydrogens (tertiary/aromatic N) is 2. The van der Waals surface area contributed by atoms with Gasteiger partial charge in [-0.2, -0.15) is 5.26 Å². The fourth-order valence-electron chi connectivity index (χ4n) is 2.54. The van der Waals surface area contributed by atoms with Gasteiger partial charge in [0.05, 0.1) is 18.1 Å². The molecule has 3 aromatic rings. The highest BCUT2D eigenvalue weighted by molar-refractivity contribution is 8.00. The van der Waals surface area contributed by atoms with Crippen molar-refractivity contribution in [3.05, 3.63) is 64.1 Å². The van der Waals surface area contributed by atoms with Crippen LogP contribution in [0.4, 0.5) is 0 Å². The lowest BCUT2D eigenvalue weighted by Crippen LogP contribution is -2.18. The molecule has 0 unspecified atom stereocenters. The van der Waals surface area contributed by atoms with Gasteiger partial charge in [-0.25, -0.2) is 4.98 Å². The van der Waals surface area contributed by atoms with E-state index in [0.717, 1.165) is 11.8 Å². The zero-order chi connectivity index (χ0) is 20.1. The third-order valence-corrected chi connectivity index (χ3v) is 4.86. The maximum absolute atomic E-state index is 12.7. The average Bonchev–Trinajstić information content (AvgIpc) is 3.22. The number of ether oxygens (including phenoxy) is 1. The SMILES string of the molecule is CCOc1ccc(C(=O)[C@H](C)Sc2nc(-c3ccco3)c(C#N)c(=O)[nH]2)cc1. The summed E-state index contributed by atoms with van der Waals surface area (Å²) in [6.07, 6.45) is 1.43. The van der Waals surface area contributed by atoms with Gasteiger partial charge in [0, 0.05) is 5.56 Å². The van der Waals surface area contributed by atoms with Crippen LogP contribution in [0.25, 0.3) is 11.5 Å². The summed E-state index contributed by atoms with van der Waals surface area (Å²) in [6.45, 7) is 4.17. The van der Waals surface area contributed by atoms with E-state index in [9.17, 15) is 14.9 Å². The van der Waals surface area contributed by atoms with Crippen molar-refractivity contribution >= 4 is 17.5 Å². The number of carbonyl (C=O) groups is 1. The van der Waals surface area contributed by atoms with Crippen LogP contribution in [-0.4, -0.2) is 27.6 Å². The molecule has 0 spiro atoms. The molecule has 0 radical (unpaired) electrons. The number of carbonyl (C=O) groups excluding carboxylic acids is 1. The smallest absolute Gasteiger partial charge is 0.270 e. The Morgan fingerprint density at radius 2 is 2.11 bits per heavy atom. The third kappa shape index (κ3) is 4.15. The van der Waals surface area contributed by atoms with Crippen molar-refractivity contribution in [1.29, 1.82) is 5.26 Å². The molecule has 3 rings (SSSR count). The largest absolute Gasteiger partial charge is 0.494 e. The summed E-state index contributed by atoms with van der Waals surface area (Å²) in [4.78, 5) is 31.8. The molecule has 0 bridgehead atoms. The zero-order valence-corrected chi connectivity index (χ0v) is 16.1. The molecule has 0 aliphatic carbocycles. The van der Waals surface area contributed by atoms with Gasteiger partial charge >= 0.3 is 0 Å². The van der Waals surface area contributed by atoms with E-state index in [1.807, 2.05) is 13.0 Å². The molecule has 1 N–H and O–H groups in total. The molecule has 142 valence electrons. The number of furan rings is 1. The fraction of sp³-hybridized carbons (Fsp3) is 0.200. The van der Waals surface area contributed by atoms with E-state index in [1.54, 1.807) is 43.3 Å². The summed E-state index contributed by atoms with van der Waals surface area (Å²) < 4.78 is 10.6. The van der Waals surface area contributed by atoms with E-state index in [0.29, 0.717) is 23.7 Å². The van der Waals surface area contributed by atoms with Crippen molar-refractivity contribution in [2.24, 2.45) is 0 Å². The van der Waals surface area contributed by atoms with Gasteiger partial charge in [-0.1, -0.05) is 11.8 Å². The predicted molar refractivity (Wildman–Crippen MR) is 105 cm³/mol. The van der Waals surface area contributed by atoms with Crippen LogP contribution in [0.5, 0.6) is 5.75 Å². The summed E-state index contributed by atoms with van der Waals surface area (Å²) >= 11 is 1.11. The van der Waals surface area contributed by atoms with E-state index in [4.69, 9.17) is 9.15 Å². The van der Waals surface area contributed by atoms with Gasteiger partial charge in [0.1, 0.15) is 23.1 Å². The van der Waals surface area contributed by atoms with Gasteiger partial charge in [-0.05, 0) is 50.2 Å². The molecule has 0 saturated heterocycles. The molecule has 1 atom stereocenters. The Kier molecular flexibility index (Phi) is 5.96. The minimum atomic E-state index is -0.577. The van der Waals surface area contributed by atoms with Gasteiger partial charge in [-0.3, -0.25) is 9.59 Å². The molecule has 2 heterocycles. The molecular formula is C20H17N3O4S. The fourth-order valence-corrected chi connectivity index (χ4v) is 3.42. The van der Waals surface area contributed by atoms with E-state index in [1.165, 1.54) is 6.26 Å². The van der Waals surface area contributed by atoms with Crippen LogP contribution in [0.2, 0.25) is 0 Å². The summed E-state index contributed by atoms with van der Waals surface area (Å²) in [5.41, 5.74) is -0.0259. The van der Waals surface area contributed by atoms with Crippen LogP contribution in [0.1, 0.15) is 29.8 Å². The molecular weight excluding hydrogens is 378 g/mol. The van der Waals surface area contributed by atoms with Crippen molar-refractivity contribution in [3.63, 3.8) is 0 Å². The zero-order valence-electron chi connectivity index (χ0n) is 15.3. The number of hydrogen-bond acceptors (Lipinski definition) is 7. The van der Waals surface area contributed by atoms with E-state index < -0.39 is 10.8 Å². The Hall–Kier alpha value is -3.31. The summed E-state index contributed by atoms with van der Waals surface area (Å²) in [7, 11) is 0. The first-order chi connectivity index (χ1) is 13.5. The number of thioether (sulfide) groups is 1. The first-order valence-corrected chi connectivity index (χ1v) is 9.43. The van der Waals surface area contributed by atoms with Crippen molar-refractivity contribution in [2.45, 2.75) is 24.3 Å². The number of aromatic amines is 1. The standard InChI is InChI=1S/C20H17N3O4S/c1-3-26-14-8-6-13(7-9-14)18(24)12(2)28-20-22-17(16-5-4-10-27-16)15(11-21)19(25)23-20/h4-10,12H,3H2,1-2H3,(H,22,23,25)/t12-/m0/s1. The second-order valence-electron chi connectivity index (χ2n) is 5.77. The van der Waals surface area contributed by atoms with Crippen molar-refractivity contribution in [2.75, 3.05) is 6.61 Å². The number of rotatable bonds is 7. The Morgan fingerprint density at radius 3 is 2.71 bits per heavy atom. The number of hydrogen-bond donors (Lipinski definition) is 1. The van der Waals surface area contributed by atoms with E-state index in [-0.39, 0.29) is 22.2 Å². The highest BCUT2D eigenvalue weighted by Gasteiger charge is 2.21. The Morgan fingerprint density at radius 1 is 1.36 bits per heavy atom. The first kappa shape index (κ1) is 19.5. The molecule has 0 fully saturated rings. The third-order valence-electron chi connectivity index (χ3n) is 3.87. The van der Waals surface area contributed by atoms with Gasteiger partial charge in [0.2, 0.25) is 0 Å². The lowest BCUT2D eigenvalue weighted by atomic mass is 10.1. The predicted octanol–water partition coefficient (Wildman–Crippen LogP) is 3.66. The number of Topliss-reactive ketones (excluding diaryl/α,β-unsaturated/α-hetero) is 1. The number of H-pyrrole nitrogens is 1. The molecule has 0 amide bonds. The summed E-state index contributed by atoms with van der Waals surface area (Å²) in [5.74, 6) is 0.898. The number of nitrogens with one attached hydrogen (secondary N) is 1. The topological polar surface area (TPSA) is 109 Å². The van der Waals surface area contributed by atoms with Crippen molar-refractivity contribution in [1.82, 2.24) is 9.97 Å². The Labute approximate surface area is 165 Å². The average molecular weight is 395 g/mol. The van der Waals surface area contributed by atoms with Gasteiger partial charge < -0.3 is 14.1 Å². The Balaban J connectivity index is 1.84. The molecule has 0 saturated carbocycles. The van der Waals surface area contributed by atoms with Crippen LogP contribution < -0.4 is 10.3 Å². The first-order valence-electron chi connectivity index (χ1n) is 8.55. The highest BCUT2D eigenvalue weighted by atomic mass is 32.2. The number of aromatic nitrogens is 2. The van der Waals surface area contributed by atoms with Crippen LogP contribution in [0.15, 0.2) is 57.0 Å². The number of ketones is 1. The van der Waals surface area contributed by atoms with Gasteiger partial charge in [-0.15, -0.1) is 0 Å². The minimum Gasteiger partial charge on any atom is -0.494 e. The van der Waals surface area contributed by atoms with Gasteiger partial charge in [0.15, 0.2) is 16.7 Å². The molecule has 0 aliphatic rings. The molecule has 2 aromatic heterocycles. The van der Waals surface area contributed by atoms with Crippen LogP contribution in [-0.2, 0) is 0 Å². The second-order valence-corrected chi connectivity index (χ2v) is 7.10. The monoisotopic (exact) mass is 395 g/mol. The maximum atomic E-state index is 12.7. The van der Waals surface area contributed by atoms with Crippen LogP contribution in [0, 0.1) is 11.3 Å². The molecule has 1 aromatic carbocycles. The summed E-state index contributed by atoms with van der Waals surface area (Å²) in [6, 6.07) is 12.0. The summed E-state index contributed by atoms with van der Waals surface area (Å²) in [5, 5.41) is 8.98. The van der Waals surface area contributed by atoms with Crippen LogP contribution in [0.3, 0.4) is 0 Å². The lowest BCUT2D eigenvalue weighted by Gasteiger charge is -2.11. The van der Waals surface area contributed by atoms with Crippen LogP contribution >= 0.6 is 11.8 Å². The quantitative estimate of drug-likeness (QED) is 0.369. The van der Waals surface area contributed by atoms with Gasteiger partial charge in [0.25, 0.3) is 5.56 Å². The molecule has 7 nitrogen and oxygen atoms in total. The molecule has 0 aliphatic heterocycles. The highest BCUT2D eigenvalue weighted by Crippen LogP contribution is 2.26. The van der Waals surface area contributed by atoms with E-state index in [2.05, 4.69) is 9.97 Å². The second kappa shape index (κ2) is 8.59. The maximum Gasteiger partial charge on any atom is 0.270 e. The normalized spacial score (nSPS) is 11.6. The van der Waals surface area contributed by atoms with Crippen molar-refractivity contribution in [3.8, 4) is 23.3 Å². The molecule has 8 heteroatoms. The lowest BCUT2D eigenvalue weighted by molar-refractivity contribution is 0.0994. The number of nitriles is 1. The Bertz CT molecular complexity index is 1070.